The SMILES string of the molecule is CCNC(=O)[C@H](C)N(Cc1ccccc1C)C(=O)CN(c1cccc(Cl)c1C)S(=O)(=O)c1ccccc1. The lowest BCUT2D eigenvalue weighted by atomic mass is 10.1. The molecule has 0 aliphatic carbocycles. The normalized spacial score (nSPS) is 12.0. The van der Waals surface area contributed by atoms with Gasteiger partial charge in [0.2, 0.25) is 11.8 Å². The maximum absolute atomic E-state index is 13.9. The number of sulfonamides is 1. The van der Waals surface area contributed by atoms with Gasteiger partial charge in [-0.1, -0.05) is 60.1 Å². The lowest BCUT2D eigenvalue weighted by Gasteiger charge is -2.32. The van der Waals surface area contributed by atoms with Crippen LogP contribution >= 0.6 is 11.6 Å². The Morgan fingerprint density at radius 2 is 1.59 bits per heavy atom. The van der Waals surface area contributed by atoms with Crippen LogP contribution in [0.4, 0.5) is 5.69 Å². The summed E-state index contributed by atoms with van der Waals surface area (Å²) in [6.45, 7) is 7.13. The van der Waals surface area contributed by atoms with Crippen molar-refractivity contribution < 1.29 is 18.0 Å². The van der Waals surface area contributed by atoms with Crippen molar-refractivity contribution in [1.29, 1.82) is 0 Å². The lowest BCUT2D eigenvalue weighted by Crippen LogP contribution is -2.51. The van der Waals surface area contributed by atoms with Gasteiger partial charge in [0.25, 0.3) is 10.0 Å². The second kappa shape index (κ2) is 12.3. The molecule has 0 aliphatic rings. The Bertz CT molecular complexity index is 1360. The van der Waals surface area contributed by atoms with Gasteiger partial charge >= 0.3 is 0 Å². The summed E-state index contributed by atoms with van der Waals surface area (Å²) in [5.74, 6) is -0.832. The Balaban J connectivity index is 2.08. The fourth-order valence-corrected chi connectivity index (χ4v) is 5.64. The molecule has 0 fully saturated rings. The van der Waals surface area contributed by atoms with Crippen molar-refractivity contribution in [3.8, 4) is 0 Å². The van der Waals surface area contributed by atoms with E-state index in [0.29, 0.717) is 22.8 Å². The molecule has 7 nitrogen and oxygen atoms in total. The molecule has 0 radical (unpaired) electrons. The second-order valence-electron chi connectivity index (χ2n) is 8.73. The zero-order valence-corrected chi connectivity index (χ0v) is 23.0. The summed E-state index contributed by atoms with van der Waals surface area (Å²) in [5, 5.41) is 3.14. The van der Waals surface area contributed by atoms with E-state index in [2.05, 4.69) is 5.32 Å². The van der Waals surface area contributed by atoms with Crippen LogP contribution in [0.2, 0.25) is 5.02 Å². The quantitative estimate of drug-likeness (QED) is 0.403. The number of amides is 2. The number of nitrogens with zero attached hydrogens (tertiary/aromatic N) is 2. The third-order valence-electron chi connectivity index (χ3n) is 6.24. The summed E-state index contributed by atoms with van der Waals surface area (Å²) in [7, 11) is -4.13. The molecule has 0 saturated carbocycles. The number of aryl methyl sites for hydroxylation is 1. The van der Waals surface area contributed by atoms with Gasteiger partial charge in [-0.25, -0.2) is 8.42 Å². The summed E-state index contributed by atoms with van der Waals surface area (Å²) in [6, 6.07) is 19.6. The Kier molecular flexibility index (Phi) is 9.34. The summed E-state index contributed by atoms with van der Waals surface area (Å²) < 4.78 is 28.7. The van der Waals surface area contributed by atoms with Gasteiger partial charge in [0.05, 0.1) is 10.6 Å². The molecule has 0 aliphatic heterocycles. The Labute approximate surface area is 224 Å². The van der Waals surface area contributed by atoms with Crippen molar-refractivity contribution in [3.63, 3.8) is 0 Å². The molecule has 3 rings (SSSR count). The highest BCUT2D eigenvalue weighted by atomic mass is 35.5. The largest absolute Gasteiger partial charge is 0.355 e. The van der Waals surface area contributed by atoms with E-state index in [1.165, 1.54) is 17.0 Å². The van der Waals surface area contributed by atoms with Crippen LogP contribution in [0.15, 0.2) is 77.7 Å². The number of nitrogens with one attached hydrogen (secondary N) is 1. The number of carbonyl (C=O) groups is 2. The highest BCUT2D eigenvalue weighted by molar-refractivity contribution is 7.92. The number of carbonyl (C=O) groups excluding carboxylic acids is 2. The fourth-order valence-electron chi connectivity index (χ4n) is 3.97. The van der Waals surface area contributed by atoms with E-state index < -0.39 is 28.5 Å². The molecule has 3 aromatic rings. The number of likely N-dealkylation sites (N-methyl/N-ethyl adjacent to an activating group) is 1. The number of rotatable bonds is 10. The van der Waals surface area contributed by atoms with Crippen molar-refractivity contribution in [2.45, 2.75) is 45.2 Å². The zero-order chi connectivity index (χ0) is 27.2. The van der Waals surface area contributed by atoms with Gasteiger partial charge in [0.15, 0.2) is 0 Å². The summed E-state index contributed by atoms with van der Waals surface area (Å²) in [6.07, 6.45) is 0. The molecule has 0 saturated heterocycles. The van der Waals surface area contributed by atoms with Crippen LogP contribution in [-0.2, 0) is 26.2 Å². The summed E-state index contributed by atoms with van der Waals surface area (Å²) in [5.41, 5.74) is 2.65. The number of anilines is 1. The Hall–Kier alpha value is -3.36. The highest BCUT2D eigenvalue weighted by Gasteiger charge is 2.33. The van der Waals surface area contributed by atoms with Crippen LogP contribution in [0.3, 0.4) is 0 Å². The summed E-state index contributed by atoms with van der Waals surface area (Å²) in [4.78, 5) is 28.1. The second-order valence-corrected chi connectivity index (χ2v) is 11.0. The monoisotopic (exact) mass is 541 g/mol. The molecule has 3 aromatic carbocycles. The molecule has 0 bridgehead atoms. The Morgan fingerprint density at radius 3 is 2.24 bits per heavy atom. The van der Waals surface area contributed by atoms with Crippen molar-refractivity contribution >= 4 is 39.1 Å². The third kappa shape index (κ3) is 6.50. The molecule has 196 valence electrons. The number of benzene rings is 3. The minimum absolute atomic E-state index is 0.0457. The van der Waals surface area contributed by atoms with Crippen LogP contribution in [0.5, 0.6) is 0 Å². The predicted octanol–water partition coefficient (Wildman–Crippen LogP) is 4.71. The molecule has 37 heavy (non-hydrogen) atoms. The van der Waals surface area contributed by atoms with Crippen LogP contribution < -0.4 is 9.62 Å². The first-order valence-electron chi connectivity index (χ1n) is 12.0. The van der Waals surface area contributed by atoms with E-state index in [9.17, 15) is 18.0 Å². The molecule has 1 atom stereocenters. The molecular formula is C28H32ClN3O4S. The fraction of sp³-hybridized carbons (Fsp3) is 0.286. The molecular weight excluding hydrogens is 510 g/mol. The van der Waals surface area contributed by atoms with Crippen LogP contribution in [0.1, 0.15) is 30.5 Å². The molecule has 0 spiro atoms. The van der Waals surface area contributed by atoms with E-state index in [1.54, 1.807) is 57.2 Å². The number of hydrogen-bond donors (Lipinski definition) is 1. The highest BCUT2D eigenvalue weighted by Crippen LogP contribution is 2.31. The van der Waals surface area contributed by atoms with E-state index in [4.69, 9.17) is 11.6 Å². The van der Waals surface area contributed by atoms with Crippen molar-refractivity contribution in [1.82, 2.24) is 10.2 Å². The standard InChI is InChI=1S/C28H32ClN3O4S/c1-5-30-28(34)22(4)31(18-23-13-10-9-12-20(23)2)27(33)19-32(26-17-11-16-25(29)21(26)3)37(35,36)24-14-7-6-8-15-24/h6-17,22H,5,18-19H2,1-4H3,(H,30,34)/t22-/m0/s1. The van der Waals surface area contributed by atoms with Gasteiger partial charge in [0.1, 0.15) is 12.6 Å². The van der Waals surface area contributed by atoms with E-state index in [1.807, 2.05) is 31.2 Å². The van der Waals surface area contributed by atoms with Crippen LogP contribution in [-0.4, -0.2) is 44.3 Å². The topological polar surface area (TPSA) is 86.8 Å². The van der Waals surface area contributed by atoms with Gasteiger partial charge < -0.3 is 10.2 Å². The van der Waals surface area contributed by atoms with E-state index >= 15 is 0 Å². The molecule has 1 N–H and O–H groups in total. The maximum atomic E-state index is 13.9. The Morgan fingerprint density at radius 1 is 0.946 bits per heavy atom. The van der Waals surface area contributed by atoms with E-state index in [-0.39, 0.29) is 17.3 Å². The first-order chi connectivity index (χ1) is 17.6. The van der Waals surface area contributed by atoms with E-state index in [0.717, 1.165) is 15.4 Å². The minimum atomic E-state index is -4.13. The smallest absolute Gasteiger partial charge is 0.264 e. The van der Waals surface area contributed by atoms with Gasteiger partial charge in [-0.3, -0.25) is 13.9 Å². The maximum Gasteiger partial charge on any atom is 0.264 e. The third-order valence-corrected chi connectivity index (χ3v) is 8.42. The van der Waals surface area contributed by atoms with Gasteiger partial charge in [-0.05, 0) is 68.7 Å². The number of hydrogen-bond acceptors (Lipinski definition) is 4. The van der Waals surface area contributed by atoms with Crippen molar-refractivity contribution in [3.05, 3.63) is 94.5 Å². The average molecular weight is 542 g/mol. The van der Waals surface area contributed by atoms with Crippen LogP contribution in [0, 0.1) is 13.8 Å². The lowest BCUT2D eigenvalue weighted by molar-refractivity contribution is -0.139. The molecule has 0 heterocycles. The first kappa shape index (κ1) is 28.2. The molecule has 0 aromatic heterocycles. The number of halogens is 1. The first-order valence-corrected chi connectivity index (χ1v) is 13.8. The molecule has 0 unspecified atom stereocenters. The van der Waals surface area contributed by atoms with Gasteiger partial charge in [-0.15, -0.1) is 0 Å². The van der Waals surface area contributed by atoms with Crippen molar-refractivity contribution in [2.24, 2.45) is 0 Å². The minimum Gasteiger partial charge on any atom is -0.355 e. The van der Waals surface area contributed by atoms with Crippen LogP contribution in [0.25, 0.3) is 0 Å². The summed E-state index contributed by atoms with van der Waals surface area (Å²) >= 11 is 6.33. The average Bonchev–Trinajstić information content (AvgIpc) is 2.88. The predicted molar refractivity (Wildman–Crippen MR) is 147 cm³/mol. The molecule has 9 heteroatoms. The van der Waals surface area contributed by atoms with Gasteiger partial charge in [0, 0.05) is 18.1 Å². The zero-order valence-electron chi connectivity index (χ0n) is 21.4. The molecule has 2 amide bonds. The van der Waals surface area contributed by atoms with Gasteiger partial charge in [-0.2, -0.15) is 0 Å². The van der Waals surface area contributed by atoms with Crippen molar-refractivity contribution in [2.75, 3.05) is 17.4 Å².